The summed E-state index contributed by atoms with van der Waals surface area (Å²) in [6, 6.07) is 75.8. The highest BCUT2D eigenvalue weighted by Crippen LogP contribution is 2.50. The predicted octanol–water partition coefficient (Wildman–Crippen LogP) is 14.0. The molecule has 0 N–H and O–H groups in total. The fourth-order valence-electron chi connectivity index (χ4n) is 9.57. The van der Waals surface area contributed by atoms with Crippen LogP contribution in [0.25, 0.3) is 38.8 Å². The largest absolute Gasteiger partial charge is 0.294 e. The molecule has 8 aromatic carbocycles. The lowest BCUT2D eigenvalue weighted by Crippen LogP contribution is -2.31. The maximum Gasteiger partial charge on any atom is 0.138 e. The van der Waals surface area contributed by atoms with Crippen LogP contribution in [0.4, 0.5) is 22.7 Å². The van der Waals surface area contributed by atoms with E-state index < -0.39 is 5.41 Å². The van der Waals surface area contributed by atoms with E-state index in [1.54, 1.807) is 0 Å². The Balaban J connectivity index is 1.15. The molecule has 1 aliphatic rings. The van der Waals surface area contributed by atoms with Crippen molar-refractivity contribution in [2.45, 2.75) is 19.3 Å². The maximum atomic E-state index is 6.76. The SMILES string of the molecule is Cc1cccc(C)c1-c1ccnc(-n2c3ccccc3c3ccc(C(c4ccccc4)(c4ccccc4)c4cccc(N5ON(c6ccccc6)c6ccccc65)c4)cc32)c1. The molecule has 292 valence electrons. The average Bonchev–Trinajstić information content (AvgIpc) is 3.87. The molecule has 5 nitrogen and oxygen atoms in total. The first-order valence-corrected chi connectivity index (χ1v) is 20.8. The van der Waals surface area contributed by atoms with Gasteiger partial charge in [0.2, 0.25) is 0 Å². The van der Waals surface area contributed by atoms with Crippen molar-refractivity contribution in [3.05, 3.63) is 252 Å². The molecular formula is C56H42N4O. The topological polar surface area (TPSA) is 33.5 Å². The Morgan fingerprint density at radius 2 is 0.967 bits per heavy atom. The predicted molar refractivity (Wildman–Crippen MR) is 250 cm³/mol. The molecule has 0 spiro atoms. The van der Waals surface area contributed by atoms with Crippen LogP contribution in [-0.2, 0) is 10.4 Å². The van der Waals surface area contributed by atoms with E-state index in [1.807, 2.05) is 34.5 Å². The third-order valence-corrected chi connectivity index (χ3v) is 12.3. The Hall–Kier alpha value is -7.73. The molecule has 2 aromatic heterocycles. The second-order valence-corrected chi connectivity index (χ2v) is 15.8. The number of benzene rings is 8. The summed E-state index contributed by atoms with van der Waals surface area (Å²) in [6.45, 7) is 4.37. The zero-order chi connectivity index (χ0) is 40.9. The van der Waals surface area contributed by atoms with E-state index in [9.17, 15) is 0 Å². The van der Waals surface area contributed by atoms with Gasteiger partial charge in [0.1, 0.15) is 5.82 Å². The molecule has 61 heavy (non-hydrogen) atoms. The second-order valence-electron chi connectivity index (χ2n) is 15.8. The van der Waals surface area contributed by atoms with E-state index in [0.29, 0.717) is 0 Å². The van der Waals surface area contributed by atoms with Crippen molar-refractivity contribution < 1.29 is 4.94 Å². The van der Waals surface area contributed by atoms with E-state index >= 15 is 0 Å². The summed E-state index contributed by atoms with van der Waals surface area (Å²) in [6.07, 6.45) is 1.95. The van der Waals surface area contributed by atoms with Crippen LogP contribution in [0, 0.1) is 13.8 Å². The molecule has 5 heteroatoms. The Bertz CT molecular complexity index is 3150. The van der Waals surface area contributed by atoms with Crippen molar-refractivity contribution >= 4 is 44.6 Å². The van der Waals surface area contributed by atoms with E-state index in [1.165, 1.54) is 27.5 Å². The van der Waals surface area contributed by atoms with Crippen LogP contribution in [0.2, 0.25) is 0 Å². The number of hydrogen-bond donors (Lipinski definition) is 0. The maximum absolute atomic E-state index is 6.76. The summed E-state index contributed by atoms with van der Waals surface area (Å²) in [4.78, 5) is 11.8. The van der Waals surface area contributed by atoms with Gasteiger partial charge in [-0.25, -0.2) is 4.98 Å². The molecule has 0 radical (unpaired) electrons. The van der Waals surface area contributed by atoms with E-state index in [0.717, 1.165) is 67.4 Å². The first kappa shape index (κ1) is 36.4. The van der Waals surface area contributed by atoms with Crippen molar-refractivity contribution in [2.75, 3.05) is 10.1 Å². The lowest BCUT2D eigenvalue weighted by atomic mass is 9.65. The van der Waals surface area contributed by atoms with Crippen molar-refractivity contribution in [1.82, 2.24) is 9.55 Å². The highest BCUT2D eigenvalue weighted by Gasteiger charge is 2.40. The van der Waals surface area contributed by atoms with Crippen molar-refractivity contribution in [3.8, 4) is 16.9 Å². The van der Waals surface area contributed by atoms with Gasteiger partial charge >= 0.3 is 0 Å². The number of aryl methyl sites for hydroxylation is 2. The van der Waals surface area contributed by atoms with Gasteiger partial charge in [0.25, 0.3) is 0 Å². The molecule has 11 rings (SSSR count). The molecule has 3 heterocycles. The summed E-state index contributed by atoms with van der Waals surface area (Å²) < 4.78 is 2.34. The normalized spacial score (nSPS) is 12.6. The molecular weight excluding hydrogens is 745 g/mol. The number of hydrogen-bond acceptors (Lipinski definition) is 4. The minimum absolute atomic E-state index is 0.736. The van der Waals surface area contributed by atoms with E-state index in [2.05, 4.69) is 213 Å². The molecule has 0 fully saturated rings. The summed E-state index contributed by atoms with van der Waals surface area (Å²) in [7, 11) is 0. The lowest BCUT2D eigenvalue weighted by Gasteiger charge is -2.37. The van der Waals surface area contributed by atoms with E-state index in [4.69, 9.17) is 9.92 Å². The summed E-state index contributed by atoms with van der Waals surface area (Å²) in [5.41, 5.74) is 14.7. The number of anilines is 4. The Morgan fingerprint density at radius 3 is 1.67 bits per heavy atom. The van der Waals surface area contributed by atoms with Gasteiger partial charge in [-0.15, -0.1) is 4.94 Å². The number of nitrogens with zero attached hydrogens (tertiary/aromatic N) is 4. The van der Waals surface area contributed by atoms with Gasteiger partial charge in [-0.3, -0.25) is 4.57 Å². The fourth-order valence-corrected chi connectivity index (χ4v) is 9.57. The summed E-state index contributed by atoms with van der Waals surface area (Å²) in [5, 5.41) is 6.20. The van der Waals surface area contributed by atoms with Gasteiger partial charge in [0.15, 0.2) is 0 Å². The van der Waals surface area contributed by atoms with Crippen LogP contribution in [0.1, 0.15) is 33.4 Å². The van der Waals surface area contributed by atoms with Crippen molar-refractivity contribution in [1.29, 1.82) is 0 Å². The average molecular weight is 787 g/mol. The highest BCUT2D eigenvalue weighted by molar-refractivity contribution is 6.09. The van der Waals surface area contributed by atoms with Gasteiger partial charge in [0, 0.05) is 17.0 Å². The first-order valence-electron chi connectivity index (χ1n) is 20.8. The van der Waals surface area contributed by atoms with Gasteiger partial charge in [-0.05, 0) is 119 Å². The van der Waals surface area contributed by atoms with Crippen LogP contribution in [0.15, 0.2) is 219 Å². The van der Waals surface area contributed by atoms with Gasteiger partial charge in [-0.2, -0.15) is 10.1 Å². The van der Waals surface area contributed by atoms with Crippen LogP contribution in [0.5, 0.6) is 0 Å². The van der Waals surface area contributed by atoms with Gasteiger partial charge < -0.3 is 0 Å². The number of para-hydroxylation sites is 4. The Morgan fingerprint density at radius 1 is 0.426 bits per heavy atom. The first-order chi connectivity index (χ1) is 30.1. The minimum atomic E-state index is -0.736. The molecule has 0 bridgehead atoms. The number of pyridine rings is 1. The standard InChI is InChI=1S/C56H42N4O/c1-39-18-16-19-40(2)55(39)41-34-35-57-54(36-41)58-50-29-13-12-28-48(50)49-33-32-45(38-53(49)58)56(42-20-6-3-7-21-42,43-22-8-4-9-23-43)44-24-17-27-47(37-44)60-52-31-15-14-30-51(52)59(61-60)46-25-10-5-11-26-46/h3-38H,1-2H3. The van der Waals surface area contributed by atoms with Crippen LogP contribution in [-0.4, -0.2) is 9.55 Å². The van der Waals surface area contributed by atoms with Crippen LogP contribution >= 0.6 is 0 Å². The van der Waals surface area contributed by atoms with Gasteiger partial charge in [0.05, 0.1) is 39.2 Å². The van der Waals surface area contributed by atoms with Crippen molar-refractivity contribution in [3.63, 3.8) is 0 Å². The fraction of sp³-hybridized carbons (Fsp3) is 0.0536. The number of fused-ring (bicyclic) bond motifs is 4. The Labute approximate surface area is 355 Å². The van der Waals surface area contributed by atoms with E-state index in [-0.39, 0.29) is 0 Å². The third kappa shape index (κ3) is 5.93. The molecule has 0 amide bonds. The number of rotatable bonds is 8. The molecule has 0 saturated heterocycles. The highest BCUT2D eigenvalue weighted by atomic mass is 16.8. The quantitative estimate of drug-likeness (QED) is 0.144. The molecule has 0 unspecified atom stereocenters. The lowest BCUT2D eigenvalue weighted by molar-refractivity contribution is 0.156. The smallest absolute Gasteiger partial charge is 0.138 e. The third-order valence-electron chi connectivity index (χ3n) is 12.3. The monoisotopic (exact) mass is 786 g/mol. The zero-order valence-electron chi connectivity index (χ0n) is 34.0. The van der Waals surface area contributed by atoms with Crippen LogP contribution in [0.3, 0.4) is 0 Å². The summed E-state index contributed by atoms with van der Waals surface area (Å²) >= 11 is 0. The summed E-state index contributed by atoms with van der Waals surface area (Å²) in [5.74, 6) is 0.878. The molecule has 0 saturated carbocycles. The zero-order valence-corrected chi connectivity index (χ0v) is 34.0. The molecule has 1 aliphatic heterocycles. The minimum Gasteiger partial charge on any atom is -0.294 e. The second kappa shape index (κ2) is 14.8. The van der Waals surface area contributed by atoms with Gasteiger partial charge in [-0.1, -0.05) is 152 Å². The van der Waals surface area contributed by atoms with Crippen LogP contribution < -0.4 is 10.1 Å². The Kier molecular flexibility index (Phi) is 8.84. The number of aromatic nitrogens is 2. The molecule has 0 atom stereocenters. The molecule has 0 aliphatic carbocycles. The molecule has 10 aromatic rings. The van der Waals surface area contributed by atoms with Crippen molar-refractivity contribution in [2.24, 2.45) is 0 Å².